The van der Waals surface area contributed by atoms with Crippen LogP contribution in [0.1, 0.15) is 46.0 Å². The fraction of sp³-hybridized carbons (Fsp3) is 0.867. The third-order valence-corrected chi connectivity index (χ3v) is 7.47. The van der Waals surface area contributed by atoms with Crippen molar-refractivity contribution in [1.82, 2.24) is 5.32 Å². The van der Waals surface area contributed by atoms with Crippen LogP contribution in [0.25, 0.3) is 0 Å². The van der Waals surface area contributed by atoms with Gasteiger partial charge in [-0.2, -0.15) is 8.42 Å². The lowest BCUT2D eigenvalue weighted by molar-refractivity contribution is -0.213. The predicted molar refractivity (Wildman–Crippen MR) is 80.6 cm³/mol. The highest BCUT2D eigenvalue weighted by Gasteiger charge is 2.65. The van der Waals surface area contributed by atoms with Gasteiger partial charge >= 0.3 is 16.1 Å². The maximum atomic E-state index is 12.2. The minimum Gasteiger partial charge on any atom is -0.304 e. The Labute approximate surface area is 136 Å². The molecule has 0 aromatic heterocycles. The SMILES string of the molecule is CC12CCC(CC1=O)C2(C)CS(=O)(=O)OOC(=O)[C@@H]1CCCN1. The maximum Gasteiger partial charge on any atom is 0.360 e. The van der Waals surface area contributed by atoms with Crippen molar-refractivity contribution >= 4 is 21.9 Å². The summed E-state index contributed by atoms with van der Waals surface area (Å²) in [5.41, 5.74) is -1.30. The molecule has 0 radical (unpaired) electrons. The van der Waals surface area contributed by atoms with Gasteiger partial charge in [-0.15, -0.1) is 0 Å². The van der Waals surface area contributed by atoms with Crippen molar-refractivity contribution in [2.45, 2.75) is 52.0 Å². The molecule has 3 aliphatic rings. The summed E-state index contributed by atoms with van der Waals surface area (Å²) < 4.78 is 29.0. The molecule has 1 heterocycles. The van der Waals surface area contributed by atoms with Gasteiger partial charge in [0.05, 0.1) is 5.75 Å². The Bertz CT molecular complexity index is 626. The van der Waals surface area contributed by atoms with Crippen LogP contribution in [0.4, 0.5) is 0 Å². The molecule has 1 N–H and O–H groups in total. The fourth-order valence-corrected chi connectivity index (χ4v) is 5.96. The van der Waals surface area contributed by atoms with E-state index in [-0.39, 0.29) is 17.5 Å². The summed E-state index contributed by atoms with van der Waals surface area (Å²) in [5.74, 6) is -0.852. The van der Waals surface area contributed by atoms with Crippen LogP contribution in [0, 0.1) is 16.7 Å². The highest BCUT2D eigenvalue weighted by atomic mass is 32.2. The standard InChI is InChI=1S/C15H23NO6S/c1-14-6-5-10(8-12(14)17)15(14,2)9-23(19,20)22-21-13(18)11-4-3-7-16-11/h10-11,16H,3-9H2,1-2H3/t10?,11-,14?,15?/m0/s1. The van der Waals surface area contributed by atoms with E-state index in [9.17, 15) is 18.0 Å². The van der Waals surface area contributed by atoms with Gasteiger partial charge in [0.1, 0.15) is 11.8 Å². The van der Waals surface area contributed by atoms with Crippen molar-refractivity contribution in [2.75, 3.05) is 12.3 Å². The fourth-order valence-electron chi connectivity index (χ4n) is 4.45. The lowest BCUT2D eigenvalue weighted by Crippen LogP contribution is -2.41. The number of carbonyl (C=O) groups excluding carboxylic acids is 2. The summed E-state index contributed by atoms with van der Waals surface area (Å²) >= 11 is 0. The molecule has 3 fully saturated rings. The Balaban J connectivity index is 1.65. The second-order valence-electron chi connectivity index (χ2n) is 7.43. The average Bonchev–Trinajstić information content (AvgIpc) is 3.12. The first kappa shape index (κ1) is 16.9. The number of nitrogens with one attached hydrogen (secondary N) is 1. The van der Waals surface area contributed by atoms with Gasteiger partial charge in [-0.05, 0) is 43.6 Å². The van der Waals surface area contributed by atoms with Gasteiger partial charge in [-0.3, -0.25) is 9.68 Å². The minimum atomic E-state index is -4.06. The molecule has 8 heteroatoms. The van der Waals surface area contributed by atoms with Crippen molar-refractivity contribution in [3.05, 3.63) is 0 Å². The van der Waals surface area contributed by atoms with E-state index in [0.717, 1.165) is 12.8 Å². The second kappa shape index (κ2) is 5.53. The second-order valence-corrected chi connectivity index (χ2v) is 8.97. The summed E-state index contributed by atoms with van der Waals surface area (Å²) in [6.45, 7) is 4.37. The van der Waals surface area contributed by atoms with Crippen LogP contribution in [0.2, 0.25) is 0 Å². The van der Waals surface area contributed by atoms with Crippen LogP contribution in [-0.4, -0.2) is 38.5 Å². The van der Waals surface area contributed by atoms with Crippen molar-refractivity contribution < 1.29 is 27.2 Å². The molecule has 2 aliphatic carbocycles. The third-order valence-electron chi connectivity index (χ3n) is 6.24. The quantitative estimate of drug-likeness (QED) is 0.585. The van der Waals surface area contributed by atoms with Crippen molar-refractivity contribution in [3.63, 3.8) is 0 Å². The molecule has 0 spiro atoms. The Hall–Kier alpha value is -0.990. The first-order valence-electron chi connectivity index (χ1n) is 8.07. The maximum absolute atomic E-state index is 12.2. The number of fused-ring (bicyclic) bond motifs is 2. The molecule has 3 rings (SSSR count). The van der Waals surface area contributed by atoms with Crippen LogP contribution in [-0.2, 0) is 28.9 Å². The molecule has 0 amide bonds. The van der Waals surface area contributed by atoms with Crippen molar-refractivity contribution in [2.24, 2.45) is 16.7 Å². The van der Waals surface area contributed by atoms with E-state index in [1.165, 1.54) is 0 Å². The molecule has 130 valence electrons. The van der Waals surface area contributed by atoms with E-state index >= 15 is 0 Å². The topological polar surface area (TPSA) is 98.8 Å². The molecule has 1 saturated heterocycles. The van der Waals surface area contributed by atoms with Gasteiger partial charge in [0.25, 0.3) is 0 Å². The Kier molecular flexibility index (Phi) is 4.05. The van der Waals surface area contributed by atoms with Crippen LogP contribution < -0.4 is 5.32 Å². The third kappa shape index (κ3) is 2.70. The van der Waals surface area contributed by atoms with Gasteiger partial charge in [0.15, 0.2) is 0 Å². The van der Waals surface area contributed by atoms with E-state index in [2.05, 4.69) is 14.5 Å². The molecule has 7 nitrogen and oxygen atoms in total. The minimum absolute atomic E-state index is 0.0468. The van der Waals surface area contributed by atoms with Gasteiger partial charge in [0, 0.05) is 11.8 Å². The molecular weight excluding hydrogens is 322 g/mol. The number of carbonyl (C=O) groups is 2. The lowest BCUT2D eigenvalue weighted by atomic mass is 9.70. The summed E-state index contributed by atoms with van der Waals surface area (Å²) in [6, 6.07) is -0.512. The summed E-state index contributed by atoms with van der Waals surface area (Å²) in [5, 5.41) is 2.92. The van der Waals surface area contributed by atoms with Crippen LogP contribution >= 0.6 is 0 Å². The average molecular weight is 345 g/mol. The molecule has 3 unspecified atom stereocenters. The molecule has 1 aliphatic heterocycles. The normalized spacial score (nSPS) is 39.8. The molecule has 2 bridgehead atoms. The number of hydrogen-bond donors (Lipinski definition) is 1. The molecule has 2 saturated carbocycles. The zero-order chi connectivity index (χ0) is 16.9. The summed E-state index contributed by atoms with van der Waals surface area (Å²) in [7, 11) is -4.06. The predicted octanol–water partition coefficient (Wildman–Crippen LogP) is 0.938. The number of rotatable bonds is 5. The Morgan fingerprint density at radius 1 is 1.35 bits per heavy atom. The molecular formula is C15H23NO6S. The van der Waals surface area contributed by atoms with E-state index < -0.39 is 33.0 Å². The van der Waals surface area contributed by atoms with E-state index in [4.69, 9.17) is 0 Å². The first-order chi connectivity index (χ1) is 10.7. The largest absolute Gasteiger partial charge is 0.360 e. The molecule has 23 heavy (non-hydrogen) atoms. The Morgan fingerprint density at radius 3 is 2.61 bits per heavy atom. The van der Waals surface area contributed by atoms with E-state index in [1.807, 2.05) is 13.8 Å². The zero-order valence-corrected chi connectivity index (χ0v) is 14.3. The number of hydrogen-bond acceptors (Lipinski definition) is 7. The number of Topliss-reactive ketones (excluding diaryl/α,β-unsaturated/α-hetero) is 1. The van der Waals surface area contributed by atoms with Crippen LogP contribution in [0.5, 0.6) is 0 Å². The highest BCUT2D eigenvalue weighted by Crippen LogP contribution is 2.64. The highest BCUT2D eigenvalue weighted by molar-refractivity contribution is 7.86. The Morgan fingerprint density at radius 2 is 2.09 bits per heavy atom. The first-order valence-corrected chi connectivity index (χ1v) is 9.65. The van der Waals surface area contributed by atoms with Gasteiger partial charge in [0.2, 0.25) is 0 Å². The van der Waals surface area contributed by atoms with Gasteiger partial charge in [-0.1, -0.05) is 18.2 Å². The van der Waals surface area contributed by atoms with Crippen molar-refractivity contribution in [3.8, 4) is 0 Å². The van der Waals surface area contributed by atoms with E-state index in [1.54, 1.807) is 0 Å². The summed E-state index contributed by atoms with van der Waals surface area (Å²) in [6.07, 6.45) is 3.42. The van der Waals surface area contributed by atoms with E-state index in [0.29, 0.717) is 25.8 Å². The number of ketones is 1. The van der Waals surface area contributed by atoms with Crippen LogP contribution in [0.15, 0.2) is 0 Å². The molecule has 0 aromatic rings. The van der Waals surface area contributed by atoms with Crippen molar-refractivity contribution in [1.29, 1.82) is 0 Å². The smallest absolute Gasteiger partial charge is 0.304 e. The van der Waals surface area contributed by atoms with Gasteiger partial charge in [-0.25, -0.2) is 4.79 Å². The monoisotopic (exact) mass is 345 g/mol. The summed E-state index contributed by atoms with van der Waals surface area (Å²) in [4.78, 5) is 28.4. The lowest BCUT2D eigenvalue weighted by Gasteiger charge is -2.35. The van der Waals surface area contributed by atoms with Gasteiger partial charge < -0.3 is 5.32 Å². The molecule has 0 aromatic carbocycles. The molecule has 4 atom stereocenters. The van der Waals surface area contributed by atoms with Crippen LogP contribution in [0.3, 0.4) is 0 Å². The zero-order valence-electron chi connectivity index (χ0n) is 13.5.